The summed E-state index contributed by atoms with van der Waals surface area (Å²) in [5, 5.41) is 3.44. The molecule has 4 nitrogen and oxygen atoms in total. The molecule has 0 amide bonds. The Balaban J connectivity index is 1.76. The Labute approximate surface area is 109 Å². The Bertz CT molecular complexity index is 381. The molecule has 3 rings (SSSR count). The van der Waals surface area contributed by atoms with E-state index in [4.69, 9.17) is 4.98 Å². The molecule has 2 unspecified atom stereocenters. The van der Waals surface area contributed by atoms with Crippen molar-refractivity contribution in [2.24, 2.45) is 0 Å². The summed E-state index contributed by atoms with van der Waals surface area (Å²) in [6.45, 7) is 4.51. The van der Waals surface area contributed by atoms with Crippen LogP contribution < -0.4 is 5.32 Å². The van der Waals surface area contributed by atoms with Gasteiger partial charge in [0.1, 0.15) is 5.82 Å². The summed E-state index contributed by atoms with van der Waals surface area (Å²) in [6, 6.07) is 2.10. The van der Waals surface area contributed by atoms with Crippen molar-refractivity contribution in [1.29, 1.82) is 0 Å². The molecule has 0 spiro atoms. The molecule has 0 bridgehead atoms. The van der Waals surface area contributed by atoms with E-state index >= 15 is 0 Å². The van der Waals surface area contributed by atoms with Crippen LogP contribution in [0.4, 0.5) is 0 Å². The first-order chi connectivity index (χ1) is 8.83. The number of likely N-dealkylation sites (tertiary alicyclic amines) is 1. The van der Waals surface area contributed by atoms with Crippen LogP contribution in [0.25, 0.3) is 0 Å². The van der Waals surface area contributed by atoms with Gasteiger partial charge in [-0.15, -0.1) is 0 Å². The lowest BCUT2D eigenvalue weighted by atomic mass is 9.98. The van der Waals surface area contributed by atoms with Crippen LogP contribution in [0.5, 0.6) is 0 Å². The molecule has 0 saturated carbocycles. The smallest absolute Gasteiger partial charge is 0.132 e. The molecular formula is C14H22N4. The van der Waals surface area contributed by atoms with Crippen LogP contribution in [0.2, 0.25) is 0 Å². The summed E-state index contributed by atoms with van der Waals surface area (Å²) in [7, 11) is 2.19. The molecule has 2 saturated heterocycles. The lowest BCUT2D eigenvalue weighted by Gasteiger charge is -2.22. The summed E-state index contributed by atoms with van der Waals surface area (Å²) >= 11 is 0. The van der Waals surface area contributed by atoms with E-state index in [0.717, 1.165) is 25.5 Å². The van der Waals surface area contributed by atoms with Gasteiger partial charge in [0.15, 0.2) is 0 Å². The van der Waals surface area contributed by atoms with Crippen LogP contribution in [0.3, 0.4) is 0 Å². The Morgan fingerprint density at radius 2 is 2.28 bits per heavy atom. The van der Waals surface area contributed by atoms with E-state index in [1.165, 1.54) is 31.5 Å². The first-order valence-corrected chi connectivity index (χ1v) is 7.05. The minimum atomic E-state index is 0.512. The second-order valence-electron chi connectivity index (χ2n) is 5.63. The summed E-state index contributed by atoms with van der Waals surface area (Å²) in [4.78, 5) is 11.7. The Morgan fingerprint density at radius 3 is 3.00 bits per heavy atom. The van der Waals surface area contributed by atoms with Crippen molar-refractivity contribution in [3.63, 3.8) is 0 Å². The number of rotatable bonds is 2. The molecule has 2 fully saturated rings. The molecule has 2 atom stereocenters. The molecule has 1 N–H and O–H groups in total. The van der Waals surface area contributed by atoms with E-state index in [0.29, 0.717) is 11.8 Å². The van der Waals surface area contributed by atoms with E-state index in [-0.39, 0.29) is 0 Å². The molecule has 18 heavy (non-hydrogen) atoms. The van der Waals surface area contributed by atoms with Crippen LogP contribution >= 0.6 is 0 Å². The lowest BCUT2D eigenvalue weighted by molar-refractivity contribution is 0.409. The van der Waals surface area contributed by atoms with Gasteiger partial charge >= 0.3 is 0 Å². The van der Waals surface area contributed by atoms with Crippen molar-refractivity contribution in [2.45, 2.75) is 31.1 Å². The van der Waals surface area contributed by atoms with Crippen LogP contribution in [0.1, 0.15) is 42.6 Å². The molecule has 0 radical (unpaired) electrons. The predicted molar refractivity (Wildman–Crippen MR) is 71.7 cm³/mol. The maximum atomic E-state index is 4.84. The average molecular weight is 246 g/mol. The fraction of sp³-hybridized carbons (Fsp3) is 0.714. The van der Waals surface area contributed by atoms with Crippen molar-refractivity contribution >= 4 is 0 Å². The second kappa shape index (κ2) is 5.33. The number of nitrogens with one attached hydrogen (secondary N) is 1. The molecule has 1 aromatic rings. The number of likely N-dealkylation sites (N-methyl/N-ethyl adjacent to an activating group) is 1. The summed E-state index contributed by atoms with van der Waals surface area (Å²) in [5.41, 5.74) is 1.25. The van der Waals surface area contributed by atoms with Crippen molar-refractivity contribution < 1.29 is 0 Å². The van der Waals surface area contributed by atoms with Crippen LogP contribution in [-0.4, -0.2) is 48.1 Å². The van der Waals surface area contributed by atoms with Crippen molar-refractivity contribution in [2.75, 3.05) is 33.2 Å². The largest absolute Gasteiger partial charge is 0.316 e. The zero-order valence-electron chi connectivity index (χ0n) is 11.1. The Hall–Kier alpha value is -1.00. The van der Waals surface area contributed by atoms with Gasteiger partial charge in [-0.25, -0.2) is 9.97 Å². The van der Waals surface area contributed by atoms with Gasteiger partial charge in [-0.05, 0) is 45.5 Å². The van der Waals surface area contributed by atoms with E-state index < -0.39 is 0 Å². The molecular weight excluding hydrogens is 224 g/mol. The quantitative estimate of drug-likeness (QED) is 0.855. The topological polar surface area (TPSA) is 41.1 Å². The third kappa shape index (κ3) is 2.54. The fourth-order valence-corrected chi connectivity index (χ4v) is 3.06. The van der Waals surface area contributed by atoms with Crippen LogP contribution in [0, 0.1) is 0 Å². The fourth-order valence-electron chi connectivity index (χ4n) is 3.06. The van der Waals surface area contributed by atoms with Crippen LogP contribution in [-0.2, 0) is 0 Å². The minimum absolute atomic E-state index is 0.512. The summed E-state index contributed by atoms with van der Waals surface area (Å²) in [6.07, 6.45) is 5.64. The monoisotopic (exact) mass is 246 g/mol. The molecule has 3 heterocycles. The second-order valence-corrected chi connectivity index (χ2v) is 5.63. The first kappa shape index (κ1) is 12.1. The van der Waals surface area contributed by atoms with Gasteiger partial charge in [0, 0.05) is 36.8 Å². The zero-order chi connectivity index (χ0) is 12.4. The molecule has 0 aromatic carbocycles. The molecule has 4 heteroatoms. The molecule has 98 valence electrons. The first-order valence-electron chi connectivity index (χ1n) is 7.05. The van der Waals surface area contributed by atoms with Gasteiger partial charge in [0.25, 0.3) is 0 Å². The van der Waals surface area contributed by atoms with Gasteiger partial charge in [-0.3, -0.25) is 0 Å². The molecule has 0 aliphatic carbocycles. The maximum Gasteiger partial charge on any atom is 0.132 e. The normalized spacial score (nSPS) is 29.6. The highest BCUT2D eigenvalue weighted by molar-refractivity contribution is 5.13. The minimum Gasteiger partial charge on any atom is -0.316 e. The van der Waals surface area contributed by atoms with Crippen molar-refractivity contribution in [3.8, 4) is 0 Å². The van der Waals surface area contributed by atoms with Gasteiger partial charge in [-0.1, -0.05) is 0 Å². The maximum absolute atomic E-state index is 4.84. The SMILES string of the molecule is CN1CCC(c2ccnc(C3CCCNC3)n2)C1. The number of aromatic nitrogens is 2. The summed E-state index contributed by atoms with van der Waals surface area (Å²) < 4.78 is 0. The van der Waals surface area contributed by atoms with Crippen LogP contribution in [0.15, 0.2) is 12.3 Å². The van der Waals surface area contributed by atoms with E-state index in [1.54, 1.807) is 0 Å². The third-order valence-corrected chi connectivity index (χ3v) is 4.17. The number of hydrogen-bond acceptors (Lipinski definition) is 4. The highest BCUT2D eigenvalue weighted by atomic mass is 15.1. The van der Waals surface area contributed by atoms with E-state index in [2.05, 4.69) is 28.3 Å². The Kier molecular flexibility index (Phi) is 3.57. The van der Waals surface area contributed by atoms with Crippen molar-refractivity contribution in [3.05, 3.63) is 23.8 Å². The highest BCUT2D eigenvalue weighted by Gasteiger charge is 2.24. The molecule has 1 aromatic heterocycles. The standard InChI is InChI=1S/C14H22N4/c1-18-8-5-12(10-18)13-4-7-16-14(17-13)11-3-2-6-15-9-11/h4,7,11-12,15H,2-3,5-6,8-10H2,1H3. The summed E-state index contributed by atoms with van der Waals surface area (Å²) in [5.74, 6) is 2.17. The lowest BCUT2D eigenvalue weighted by Crippen LogP contribution is -2.29. The number of hydrogen-bond donors (Lipinski definition) is 1. The zero-order valence-corrected chi connectivity index (χ0v) is 11.1. The third-order valence-electron chi connectivity index (χ3n) is 4.17. The van der Waals surface area contributed by atoms with E-state index in [9.17, 15) is 0 Å². The Morgan fingerprint density at radius 1 is 1.33 bits per heavy atom. The van der Waals surface area contributed by atoms with E-state index in [1.807, 2.05) is 6.20 Å². The predicted octanol–water partition coefficient (Wildman–Crippen LogP) is 1.36. The van der Waals surface area contributed by atoms with Crippen molar-refractivity contribution in [1.82, 2.24) is 20.2 Å². The molecule has 2 aliphatic rings. The van der Waals surface area contributed by atoms with Gasteiger partial charge < -0.3 is 10.2 Å². The highest BCUT2D eigenvalue weighted by Crippen LogP contribution is 2.26. The van der Waals surface area contributed by atoms with Gasteiger partial charge in [0.2, 0.25) is 0 Å². The van der Waals surface area contributed by atoms with Gasteiger partial charge in [-0.2, -0.15) is 0 Å². The van der Waals surface area contributed by atoms with Gasteiger partial charge in [0.05, 0.1) is 0 Å². The molecule has 2 aliphatic heterocycles. The number of nitrogens with zero attached hydrogens (tertiary/aromatic N) is 3. The average Bonchev–Trinajstić information content (AvgIpc) is 2.87. The number of piperidine rings is 1.